The predicted molar refractivity (Wildman–Crippen MR) is 228 cm³/mol. The standard InChI is InChI=1S/C17H16O4.C15H14O4.C5H8Br2O2.C4H8O2.CH2O3.CH4.2K.H/c1-12-14(7-8-15-16(12)20-10-9-19-15)17(18)21-11-13-5-3-2-4-6-13;1-10-12(7-8-13(16)14(10)17)15(18)19-9-11-5-3-2-4-6-11;1-2-9-5(8)4(7)3-6;1-3-6-4(2)5;2-1-4-3;;;;/h2-8H,9-11H2,1H3;2-8,16-17H,9H2,1H3;4H,2-3H2,1H3;3H2,1-2H3;1,3H;1H4;;;/q;;;;;;2*+1;-1/p-1. The van der Waals surface area contributed by atoms with Crippen LogP contribution in [0.3, 0.4) is 0 Å². The number of carbonyl (C=O) groups is 5. The molecule has 0 saturated heterocycles. The molecule has 1 aliphatic rings. The van der Waals surface area contributed by atoms with E-state index in [-0.39, 0.29) is 171 Å². The number of aromatic hydroxyl groups is 2. The van der Waals surface area contributed by atoms with Gasteiger partial charge in [0.25, 0.3) is 6.47 Å². The van der Waals surface area contributed by atoms with Crippen molar-refractivity contribution in [3.05, 3.63) is 118 Å². The number of carbonyl (C=O) groups excluding carboxylic acids is 5. The molecule has 0 aliphatic carbocycles. The molecule has 0 aromatic heterocycles. The first-order valence-corrected chi connectivity index (χ1v) is 19.8. The smallest absolute Gasteiger partial charge is 1.00 e. The SMILES string of the molecule is C.CCOC(=O)C(Br)CBr.CCOC(C)=O.Cc1c(C(=O)OCc2ccccc2)ccc(O)c1O.Cc1c(C(=O)OCc2ccccc2)ccc2c1OCCO2.O=CO[O-].[H-].[K+].[K+]. The Kier molecular flexibility index (Phi) is 39.1. The van der Waals surface area contributed by atoms with Crippen molar-refractivity contribution in [3.63, 3.8) is 0 Å². The van der Waals surface area contributed by atoms with E-state index in [9.17, 15) is 29.4 Å². The van der Waals surface area contributed by atoms with E-state index < -0.39 is 5.97 Å². The fraction of sp³-hybridized carbons (Fsp3) is 0.326. The molecule has 62 heavy (non-hydrogen) atoms. The number of benzene rings is 4. The number of phenols is 2. The molecule has 0 radical (unpaired) electrons. The molecule has 2 N–H and O–H groups in total. The van der Waals surface area contributed by atoms with Gasteiger partial charge in [-0.25, -0.2) is 9.59 Å². The summed E-state index contributed by atoms with van der Waals surface area (Å²) < 4.78 is 30.7. The van der Waals surface area contributed by atoms with E-state index >= 15 is 0 Å². The Balaban J connectivity index is -0.000000380. The van der Waals surface area contributed by atoms with Gasteiger partial charge in [-0.15, -0.1) is 0 Å². The minimum atomic E-state index is -0.531. The van der Waals surface area contributed by atoms with Crippen LogP contribution in [0.2, 0.25) is 0 Å². The largest absolute Gasteiger partial charge is 1.00 e. The number of esters is 4. The zero-order valence-corrected chi connectivity index (χ0v) is 44.6. The van der Waals surface area contributed by atoms with Gasteiger partial charge in [-0.05, 0) is 63.1 Å². The van der Waals surface area contributed by atoms with Crippen LogP contribution in [-0.4, -0.2) is 77.1 Å². The Morgan fingerprint density at radius 3 is 1.63 bits per heavy atom. The first-order chi connectivity index (χ1) is 28.2. The van der Waals surface area contributed by atoms with Crippen LogP contribution in [0.5, 0.6) is 23.0 Å². The second-order valence-corrected chi connectivity index (χ2v) is 13.2. The van der Waals surface area contributed by atoms with Crippen molar-refractivity contribution in [1.82, 2.24) is 0 Å². The van der Waals surface area contributed by atoms with Crippen LogP contribution >= 0.6 is 31.9 Å². The topological polar surface area (TPSA) is 213 Å². The Labute approximate surface area is 466 Å². The van der Waals surface area contributed by atoms with Gasteiger partial charge < -0.3 is 50.2 Å². The Morgan fingerprint density at radius 2 is 1.21 bits per heavy atom. The summed E-state index contributed by atoms with van der Waals surface area (Å²) in [6.07, 6.45) is 0. The normalized spacial score (nSPS) is 10.4. The number of alkyl halides is 2. The molecule has 1 aliphatic heterocycles. The van der Waals surface area contributed by atoms with Crippen LogP contribution in [0.4, 0.5) is 0 Å². The van der Waals surface area contributed by atoms with E-state index in [1.165, 1.54) is 19.1 Å². The number of hydrogen-bond donors (Lipinski definition) is 2. The third kappa shape index (κ3) is 25.2. The summed E-state index contributed by atoms with van der Waals surface area (Å²) in [6, 6.07) is 25.1. The average Bonchev–Trinajstić information content (AvgIpc) is 3.25. The van der Waals surface area contributed by atoms with E-state index in [1.807, 2.05) is 67.6 Å². The first-order valence-electron chi connectivity index (χ1n) is 17.8. The average molecular weight is 1050 g/mol. The van der Waals surface area contributed by atoms with Crippen LogP contribution in [0.25, 0.3) is 0 Å². The molecule has 4 aromatic carbocycles. The third-order valence-electron chi connectivity index (χ3n) is 7.30. The molecule has 0 spiro atoms. The van der Waals surface area contributed by atoms with Gasteiger partial charge in [0.05, 0.1) is 24.3 Å². The second-order valence-electron chi connectivity index (χ2n) is 11.5. The molecular weight excluding hydrogens is 994 g/mol. The minimum Gasteiger partial charge on any atom is -1.00 e. The summed E-state index contributed by atoms with van der Waals surface area (Å²) in [4.78, 5) is 55.6. The third-order valence-corrected chi connectivity index (χ3v) is 9.51. The Bertz CT molecular complexity index is 1910. The van der Waals surface area contributed by atoms with Crippen molar-refractivity contribution in [2.75, 3.05) is 31.8 Å². The van der Waals surface area contributed by atoms with Crippen molar-refractivity contribution in [2.45, 2.75) is 60.1 Å². The van der Waals surface area contributed by atoms with Gasteiger partial charge in [-0.3, -0.25) is 14.4 Å². The molecule has 1 atom stereocenters. The summed E-state index contributed by atoms with van der Waals surface area (Å²) >= 11 is 6.26. The quantitative estimate of drug-likeness (QED) is 0.0317. The van der Waals surface area contributed by atoms with E-state index in [1.54, 1.807) is 32.9 Å². The van der Waals surface area contributed by atoms with E-state index in [4.69, 9.17) is 29.0 Å². The molecule has 1 heterocycles. The number of phenolic OH excluding ortho intramolecular Hbond substituents is 2. The maximum atomic E-state index is 12.2. The maximum absolute atomic E-state index is 12.2. The molecule has 0 saturated carbocycles. The molecule has 330 valence electrons. The number of halogens is 2. The van der Waals surface area contributed by atoms with Gasteiger partial charge in [-0.1, -0.05) is 100.0 Å². The fourth-order valence-electron chi connectivity index (χ4n) is 4.48. The summed E-state index contributed by atoms with van der Waals surface area (Å²) in [5, 5.41) is 27.9. The predicted octanol–water partition coefficient (Wildman–Crippen LogP) is 1.36. The van der Waals surface area contributed by atoms with Crippen LogP contribution in [-0.2, 0) is 51.4 Å². The van der Waals surface area contributed by atoms with Crippen LogP contribution in [0.15, 0.2) is 84.9 Å². The zero-order valence-electron chi connectivity index (χ0n) is 36.1. The van der Waals surface area contributed by atoms with Crippen molar-refractivity contribution in [3.8, 4) is 23.0 Å². The van der Waals surface area contributed by atoms with E-state index in [0.717, 1.165) is 16.7 Å². The van der Waals surface area contributed by atoms with Gasteiger partial charge in [-0.2, -0.15) is 0 Å². The second kappa shape index (κ2) is 37.9. The monoisotopic (exact) mass is 1040 g/mol. The summed E-state index contributed by atoms with van der Waals surface area (Å²) in [7, 11) is 0. The molecule has 19 heteroatoms. The molecule has 0 amide bonds. The molecule has 0 fully saturated rings. The first kappa shape index (κ1) is 63.9. The maximum Gasteiger partial charge on any atom is 1.00 e. The summed E-state index contributed by atoms with van der Waals surface area (Å²) in [5.41, 5.74) is 3.65. The Hall–Kier alpha value is -2.38. The number of fused-ring (bicyclic) bond motifs is 1. The van der Waals surface area contributed by atoms with E-state index in [2.05, 4.69) is 46.2 Å². The van der Waals surface area contributed by atoms with Crippen molar-refractivity contribution in [2.24, 2.45) is 0 Å². The van der Waals surface area contributed by atoms with Crippen molar-refractivity contribution < 1.29 is 177 Å². The Morgan fingerprint density at radius 1 is 0.758 bits per heavy atom. The number of hydrogen-bond acceptors (Lipinski definition) is 15. The molecule has 5 rings (SSSR count). The van der Waals surface area contributed by atoms with Crippen molar-refractivity contribution >= 4 is 62.2 Å². The fourth-order valence-corrected chi connectivity index (χ4v) is 4.88. The van der Waals surface area contributed by atoms with Crippen LogP contribution < -0.4 is 118 Å². The molecule has 1 unspecified atom stereocenters. The molecule has 4 aromatic rings. The summed E-state index contributed by atoms with van der Waals surface area (Å²) in [6.45, 7) is 10.5. The number of ether oxygens (including phenoxy) is 6. The van der Waals surface area contributed by atoms with Gasteiger partial charge in [0.15, 0.2) is 23.0 Å². The van der Waals surface area contributed by atoms with Gasteiger partial charge in [0.2, 0.25) is 0 Å². The minimum absolute atomic E-state index is 0. The number of rotatable bonds is 11. The zero-order chi connectivity index (χ0) is 44.2. The van der Waals surface area contributed by atoms with E-state index in [0.29, 0.717) is 54.4 Å². The van der Waals surface area contributed by atoms with Gasteiger partial charge in [0, 0.05) is 23.4 Å². The molecular formula is C43H52Br2K2O15. The van der Waals surface area contributed by atoms with Crippen LogP contribution in [0, 0.1) is 13.8 Å². The van der Waals surface area contributed by atoms with Crippen molar-refractivity contribution in [1.29, 1.82) is 0 Å². The van der Waals surface area contributed by atoms with Crippen LogP contribution in [0.1, 0.15) is 72.6 Å². The van der Waals surface area contributed by atoms with Gasteiger partial charge >= 0.3 is 127 Å². The molecule has 15 nitrogen and oxygen atoms in total. The summed E-state index contributed by atoms with van der Waals surface area (Å²) in [5.74, 6) is -0.545. The van der Waals surface area contributed by atoms with Gasteiger partial charge in [0.1, 0.15) is 31.3 Å². The molecule has 0 bridgehead atoms.